The first-order valence-electron chi connectivity index (χ1n) is 16.0. The Morgan fingerprint density at radius 1 is 0.676 bits per heavy atom. The van der Waals surface area contributed by atoms with Gasteiger partial charge in [0.15, 0.2) is 0 Å². The third-order valence-electron chi connectivity index (χ3n) is 6.87. The molecule has 1 N–H and O–H groups in total. The smallest absolute Gasteiger partial charge is 0.137 e. The van der Waals surface area contributed by atoms with Gasteiger partial charge in [0, 0.05) is 39.5 Å². The Hall–Kier alpha value is -4.57. The fraction of sp³-hybridized carbons (Fsp3) is 0.121. The highest BCUT2D eigenvalue weighted by Crippen LogP contribution is 2.37. The van der Waals surface area contributed by atoms with Crippen molar-refractivity contribution < 1.29 is 16.1 Å². The molecule has 0 aliphatic rings. The van der Waals surface area contributed by atoms with Gasteiger partial charge in [-0.25, -0.2) is 4.98 Å². The summed E-state index contributed by atoms with van der Waals surface area (Å²) in [5, 5.41) is 12.2. The van der Waals surface area contributed by atoms with Gasteiger partial charge in [0.25, 0.3) is 0 Å². The Bertz CT molecular complexity index is 2340. The van der Waals surface area contributed by atoms with Crippen LogP contribution < -0.4 is 0 Å². The van der Waals surface area contributed by atoms with Gasteiger partial charge in [0.05, 0.1) is 33.0 Å². The van der Waals surface area contributed by atoms with E-state index >= 15 is 0 Å². The minimum absolute atomic E-state index is 0.0214. The topological polar surface area (TPSA) is 43.0 Å². The fourth-order valence-electron chi connectivity index (χ4n) is 5.07. The summed E-state index contributed by atoms with van der Waals surface area (Å²) in [6.45, 7) is 6.32. The van der Waals surface area contributed by atoms with Crippen molar-refractivity contribution in [2.75, 3.05) is 0 Å². The monoisotopic (exact) mass is 489 g/mol. The first kappa shape index (κ1) is 14.9. The highest BCUT2D eigenvalue weighted by atomic mass is 16.3. The molecule has 0 atom stereocenters. The number of hydrogen-bond acceptors (Lipinski definition) is 2. The molecule has 0 aliphatic carbocycles. The Kier molecular flexibility index (Phi) is 3.10. The van der Waals surface area contributed by atoms with Gasteiger partial charge in [-0.2, -0.15) is 0 Å². The summed E-state index contributed by atoms with van der Waals surface area (Å²) in [6, 6.07) is 11.1. The number of para-hydroxylation sites is 2. The molecular weight excluding hydrogens is 454 g/mol. The van der Waals surface area contributed by atoms with Crippen molar-refractivity contribution in [3.63, 3.8) is 0 Å². The highest BCUT2D eigenvalue weighted by Gasteiger charge is 2.19. The van der Waals surface area contributed by atoms with Gasteiger partial charge in [0.2, 0.25) is 0 Å². The minimum atomic E-state index is -0.487. The maximum absolute atomic E-state index is 10.5. The normalized spacial score (nSPS) is 15.3. The average molecular weight is 490 g/mol. The molecule has 7 aromatic rings. The second kappa shape index (κ2) is 7.71. The molecule has 0 unspecified atom stereocenters. The van der Waals surface area contributed by atoms with Crippen LogP contribution in [0.2, 0.25) is 0 Å². The first-order valence-corrected chi connectivity index (χ1v) is 12.0. The first-order chi connectivity index (χ1) is 21.2. The standard InChI is InChI=1S/C33H27N3O/c1-33(2,3)21-16-17-34-32(18-21)36-30-19-22(12-14-26(30)27-15-13-23(37)20-31(27)36)35-28-10-6-4-8-24(28)25-9-5-7-11-29(25)35/h4-20,37H,1-3H3/i4D,5D,6D,7D,8D,9D,10D,11D. The third-order valence-corrected chi connectivity index (χ3v) is 6.87. The fourth-order valence-corrected chi connectivity index (χ4v) is 5.07. The van der Waals surface area contributed by atoms with Crippen LogP contribution in [0.15, 0.2) is 103 Å². The predicted octanol–water partition coefficient (Wildman–Crippen LogP) is 8.28. The molecule has 4 aromatic carbocycles. The van der Waals surface area contributed by atoms with E-state index in [2.05, 4.69) is 25.8 Å². The van der Waals surface area contributed by atoms with Gasteiger partial charge in [-0.1, -0.05) is 63.1 Å². The van der Waals surface area contributed by atoms with Gasteiger partial charge < -0.3 is 9.67 Å². The van der Waals surface area contributed by atoms with E-state index in [1.165, 1.54) is 4.57 Å². The molecule has 0 fully saturated rings. The molecule has 0 amide bonds. The highest BCUT2D eigenvalue weighted by molar-refractivity contribution is 6.12. The van der Waals surface area contributed by atoms with Crippen LogP contribution in [0.5, 0.6) is 5.75 Å². The van der Waals surface area contributed by atoms with Crippen LogP contribution in [0.4, 0.5) is 0 Å². The number of aromatic hydroxyl groups is 1. The predicted molar refractivity (Wildman–Crippen MR) is 153 cm³/mol. The summed E-state index contributed by atoms with van der Waals surface area (Å²) in [6.07, 6.45) is 1.74. The number of pyridine rings is 1. The van der Waals surface area contributed by atoms with E-state index in [0.717, 1.165) is 16.3 Å². The van der Waals surface area contributed by atoms with E-state index in [1.54, 1.807) is 24.4 Å². The zero-order valence-electron chi connectivity index (χ0n) is 28.5. The van der Waals surface area contributed by atoms with Gasteiger partial charge in [-0.3, -0.25) is 4.57 Å². The summed E-state index contributed by atoms with van der Waals surface area (Å²) in [5.74, 6) is 0.685. The number of benzene rings is 4. The van der Waals surface area contributed by atoms with Crippen LogP contribution in [0.3, 0.4) is 0 Å². The molecule has 0 aliphatic heterocycles. The van der Waals surface area contributed by atoms with Gasteiger partial charge in [-0.05, 0) is 59.5 Å². The number of rotatable bonds is 2. The van der Waals surface area contributed by atoms with Crippen molar-refractivity contribution in [2.24, 2.45) is 0 Å². The summed E-state index contributed by atoms with van der Waals surface area (Å²) >= 11 is 0. The molecule has 37 heavy (non-hydrogen) atoms. The second-order valence-corrected chi connectivity index (χ2v) is 10.2. The maximum atomic E-state index is 10.5. The molecular formula is C33H27N3O. The maximum Gasteiger partial charge on any atom is 0.137 e. The molecule has 7 rings (SSSR count). The number of hydrogen-bond donors (Lipinski definition) is 1. The van der Waals surface area contributed by atoms with Crippen molar-refractivity contribution in [1.82, 2.24) is 14.1 Å². The molecule has 3 heterocycles. The van der Waals surface area contributed by atoms with Crippen LogP contribution in [0.25, 0.3) is 55.1 Å². The summed E-state index contributed by atoms with van der Waals surface area (Å²) in [4.78, 5) is 4.69. The number of phenolic OH excluding ortho intramolecular Hbond substituents is 1. The lowest BCUT2D eigenvalue weighted by Gasteiger charge is -2.20. The van der Waals surface area contributed by atoms with E-state index in [4.69, 9.17) is 11.0 Å². The summed E-state index contributed by atoms with van der Waals surface area (Å²) in [5.41, 5.74) is 2.80. The van der Waals surface area contributed by atoms with E-state index in [0.29, 0.717) is 22.5 Å². The summed E-state index contributed by atoms with van der Waals surface area (Å²) in [7, 11) is 0. The average Bonchev–Trinajstić information content (AvgIpc) is 3.53. The van der Waals surface area contributed by atoms with Crippen LogP contribution in [-0.2, 0) is 5.41 Å². The zero-order valence-corrected chi connectivity index (χ0v) is 20.5. The van der Waals surface area contributed by atoms with Crippen molar-refractivity contribution >= 4 is 43.6 Å². The van der Waals surface area contributed by atoms with E-state index in [1.807, 2.05) is 34.9 Å². The number of aromatic nitrogens is 3. The van der Waals surface area contributed by atoms with Crippen molar-refractivity contribution in [2.45, 2.75) is 26.2 Å². The van der Waals surface area contributed by atoms with E-state index < -0.39 is 24.2 Å². The third kappa shape index (κ3) is 3.26. The molecule has 4 nitrogen and oxygen atoms in total. The van der Waals surface area contributed by atoms with Crippen molar-refractivity contribution in [3.05, 3.63) is 109 Å². The van der Waals surface area contributed by atoms with Crippen LogP contribution in [-0.4, -0.2) is 19.2 Å². The molecule has 0 spiro atoms. The van der Waals surface area contributed by atoms with Crippen molar-refractivity contribution in [1.29, 1.82) is 0 Å². The van der Waals surface area contributed by atoms with Crippen molar-refractivity contribution in [3.8, 4) is 17.3 Å². The Balaban J connectivity index is 1.68. The number of fused-ring (bicyclic) bond motifs is 6. The molecule has 3 aromatic heterocycles. The molecule has 0 radical (unpaired) electrons. The lowest BCUT2D eigenvalue weighted by atomic mass is 9.88. The molecule has 0 bridgehead atoms. The van der Waals surface area contributed by atoms with Gasteiger partial charge in [-0.15, -0.1) is 0 Å². The molecule has 4 heteroatoms. The second-order valence-electron chi connectivity index (χ2n) is 10.2. The largest absolute Gasteiger partial charge is 0.508 e. The van der Waals surface area contributed by atoms with Gasteiger partial charge in [0.1, 0.15) is 11.6 Å². The summed E-state index contributed by atoms with van der Waals surface area (Å²) < 4.78 is 72.1. The zero-order chi connectivity index (χ0) is 32.3. The Morgan fingerprint density at radius 2 is 1.30 bits per heavy atom. The van der Waals surface area contributed by atoms with Gasteiger partial charge >= 0.3 is 0 Å². The number of nitrogens with zero attached hydrogens (tertiary/aromatic N) is 3. The SMILES string of the molecule is [2H]c1c([2H])c([2H])c2c(c1[2H])c1c([2H])c([2H])c([2H])c([2H])c1n2-c1ccc2c3ccc(O)cc3n(-c3cc(C(C)(C)C)ccn3)c2c1. The van der Waals surface area contributed by atoms with Crippen LogP contribution in [0.1, 0.15) is 37.3 Å². The molecule has 0 saturated heterocycles. The van der Waals surface area contributed by atoms with E-state index in [9.17, 15) is 5.11 Å². The molecule has 0 saturated carbocycles. The quantitative estimate of drug-likeness (QED) is 0.265. The lowest BCUT2D eigenvalue weighted by Crippen LogP contribution is -2.12. The van der Waals surface area contributed by atoms with E-state index in [-0.39, 0.29) is 57.1 Å². The number of phenols is 1. The molecule has 180 valence electrons. The van der Waals surface area contributed by atoms with Crippen LogP contribution in [0, 0.1) is 0 Å². The minimum Gasteiger partial charge on any atom is -0.508 e. The lowest BCUT2D eigenvalue weighted by molar-refractivity contribution is 0.476. The Labute approximate surface area is 226 Å². The van der Waals surface area contributed by atoms with Crippen LogP contribution >= 0.6 is 0 Å². The Morgan fingerprint density at radius 3 is 1.97 bits per heavy atom.